The van der Waals surface area contributed by atoms with Gasteiger partial charge in [0.1, 0.15) is 5.75 Å². The maximum absolute atomic E-state index is 11.7. The third-order valence-electron chi connectivity index (χ3n) is 3.14. The Kier molecular flexibility index (Phi) is 9.07. The summed E-state index contributed by atoms with van der Waals surface area (Å²) in [5.74, 6) is -2.00. The summed E-state index contributed by atoms with van der Waals surface area (Å²) in [5.41, 5.74) is 4.92. The van der Waals surface area contributed by atoms with Crippen LogP contribution in [0.1, 0.15) is 25.8 Å². The van der Waals surface area contributed by atoms with Crippen LogP contribution in [0.2, 0.25) is 0 Å². The molecule has 146 valence electrons. The van der Waals surface area contributed by atoms with Gasteiger partial charge in [-0.25, -0.2) is 0 Å². The Bertz CT molecular complexity index is 698. The molecular weight excluding hydrogens is 352 g/mol. The van der Waals surface area contributed by atoms with Crippen LogP contribution in [0.4, 0.5) is 0 Å². The van der Waals surface area contributed by atoms with E-state index in [1.54, 1.807) is 51.3 Å². The fourth-order valence-corrected chi connectivity index (χ4v) is 1.82. The van der Waals surface area contributed by atoms with Crippen molar-refractivity contribution < 1.29 is 23.9 Å². The summed E-state index contributed by atoms with van der Waals surface area (Å²) in [4.78, 5) is 46.0. The molecule has 0 atom stereocenters. The van der Waals surface area contributed by atoms with E-state index in [1.165, 1.54) is 6.08 Å². The minimum Gasteiger partial charge on any atom is -0.497 e. The van der Waals surface area contributed by atoms with Crippen molar-refractivity contribution in [1.82, 2.24) is 21.5 Å². The van der Waals surface area contributed by atoms with Crippen molar-refractivity contribution in [2.75, 3.05) is 13.7 Å². The van der Waals surface area contributed by atoms with Gasteiger partial charge in [-0.05, 0) is 37.6 Å². The van der Waals surface area contributed by atoms with Crippen molar-refractivity contribution in [3.8, 4) is 5.75 Å². The molecule has 0 heterocycles. The predicted molar refractivity (Wildman–Crippen MR) is 99.2 cm³/mol. The van der Waals surface area contributed by atoms with Gasteiger partial charge in [-0.15, -0.1) is 0 Å². The SMILES string of the molecule is COc1ccc(/C=C/C(=O)NCCC(=O)NNC(=O)C(=O)NC(C)C)cc1. The van der Waals surface area contributed by atoms with Gasteiger partial charge in [0.25, 0.3) is 0 Å². The summed E-state index contributed by atoms with van der Waals surface area (Å²) in [6.45, 7) is 3.48. The fourth-order valence-electron chi connectivity index (χ4n) is 1.82. The molecule has 9 heteroatoms. The number of hydrogen-bond acceptors (Lipinski definition) is 5. The van der Waals surface area contributed by atoms with Crippen molar-refractivity contribution in [3.05, 3.63) is 35.9 Å². The van der Waals surface area contributed by atoms with Gasteiger partial charge in [0, 0.05) is 25.1 Å². The molecule has 0 aliphatic heterocycles. The molecule has 1 aromatic carbocycles. The zero-order valence-electron chi connectivity index (χ0n) is 15.5. The summed E-state index contributed by atoms with van der Waals surface area (Å²) < 4.78 is 5.05. The van der Waals surface area contributed by atoms with Gasteiger partial charge in [-0.2, -0.15) is 0 Å². The van der Waals surface area contributed by atoms with Gasteiger partial charge in [0.2, 0.25) is 11.8 Å². The Hall–Kier alpha value is -3.36. The van der Waals surface area contributed by atoms with Crippen LogP contribution < -0.4 is 26.2 Å². The number of amides is 4. The molecule has 0 fully saturated rings. The molecule has 4 N–H and O–H groups in total. The van der Waals surface area contributed by atoms with Crippen LogP contribution in [-0.2, 0) is 19.2 Å². The Morgan fingerprint density at radius 2 is 1.70 bits per heavy atom. The fraction of sp³-hybridized carbons (Fsp3) is 0.333. The number of carbonyl (C=O) groups excluding carboxylic acids is 4. The summed E-state index contributed by atoms with van der Waals surface area (Å²) in [6, 6.07) is 6.96. The van der Waals surface area contributed by atoms with Crippen molar-refractivity contribution in [2.24, 2.45) is 0 Å². The highest BCUT2D eigenvalue weighted by molar-refractivity contribution is 6.35. The molecule has 0 spiro atoms. The van der Waals surface area contributed by atoms with Crippen LogP contribution in [0.25, 0.3) is 6.08 Å². The first-order valence-electron chi connectivity index (χ1n) is 8.31. The quantitative estimate of drug-likeness (QED) is 0.300. The number of ether oxygens (including phenoxy) is 1. The number of hydrazine groups is 1. The number of nitrogens with one attached hydrogen (secondary N) is 4. The maximum Gasteiger partial charge on any atom is 0.327 e. The first-order chi connectivity index (χ1) is 12.8. The van der Waals surface area contributed by atoms with Gasteiger partial charge in [-0.3, -0.25) is 30.0 Å². The first kappa shape index (κ1) is 21.7. The van der Waals surface area contributed by atoms with Crippen LogP contribution in [0.15, 0.2) is 30.3 Å². The summed E-state index contributed by atoms with van der Waals surface area (Å²) in [7, 11) is 1.57. The van der Waals surface area contributed by atoms with E-state index in [-0.39, 0.29) is 24.9 Å². The second-order valence-corrected chi connectivity index (χ2v) is 5.78. The minimum atomic E-state index is -0.969. The van der Waals surface area contributed by atoms with Crippen molar-refractivity contribution >= 4 is 29.7 Å². The number of hydrogen-bond donors (Lipinski definition) is 4. The average molecular weight is 376 g/mol. The largest absolute Gasteiger partial charge is 0.497 e. The van der Waals surface area contributed by atoms with E-state index >= 15 is 0 Å². The van der Waals surface area contributed by atoms with E-state index in [4.69, 9.17) is 4.74 Å². The second kappa shape index (κ2) is 11.3. The number of carbonyl (C=O) groups is 4. The highest BCUT2D eigenvalue weighted by Crippen LogP contribution is 2.12. The Balaban J connectivity index is 2.26. The highest BCUT2D eigenvalue weighted by atomic mass is 16.5. The van der Waals surface area contributed by atoms with Crippen molar-refractivity contribution in [1.29, 1.82) is 0 Å². The molecule has 9 nitrogen and oxygen atoms in total. The summed E-state index contributed by atoms with van der Waals surface area (Å²) in [5, 5.41) is 4.92. The zero-order chi connectivity index (χ0) is 20.2. The van der Waals surface area contributed by atoms with Gasteiger partial charge >= 0.3 is 11.8 Å². The minimum absolute atomic E-state index is 0.0613. The average Bonchev–Trinajstić information content (AvgIpc) is 2.64. The predicted octanol–water partition coefficient (Wildman–Crippen LogP) is -0.113. The molecule has 1 aromatic rings. The van der Waals surface area contributed by atoms with Gasteiger partial charge in [0.15, 0.2) is 0 Å². The lowest BCUT2D eigenvalue weighted by atomic mass is 10.2. The molecule has 0 saturated heterocycles. The van der Waals surface area contributed by atoms with Crippen LogP contribution in [0.3, 0.4) is 0 Å². The van der Waals surface area contributed by atoms with E-state index in [0.717, 1.165) is 11.3 Å². The molecule has 0 aliphatic carbocycles. The Morgan fingerprint density at radius 1 is 1.04 bits per heavy atom. The lowest BCUT2D eigenvalue weighted by molar-refractivity contribution is -0.141. The van der Waals surface area contributed by atoms with E-state index in [9.17, 15) is 19.2 Å². The van der Waals surface area contributed by atoms with Gasteiger partial charge < -0.3 is 15.4 Å². The van der Waals surface area contributed by atoms with Gasteiger partial charge in [-0.1, -0.05) is 12.1 Å². The normalized spacial score (nSPS) is 10.4. The Morgan fingerprint density at radius 3 is 2.30 bits per heavy atom. The maximum atomic E-state index is 11.7. The standard InChI is InChI=1S/C18H24N4O5/c1-12(2)20-17(25)18(26)22-21-16(24)10-11-19-15(23)9-6-13-4-7-14(27-3)8-5-13/h4-9,12H,10-11H2,1-3H3,(H,19,23)(H,20,25)(H,21,24)(H,22,26)/b9-6+. The summed E-state index contributed by atoms with van der Waals surface area (Å²) in [6.07, 6.45) is 2.91. The third kappa shape index (κ3) is 9.05. The summed E-state index contributed by atoms with van der Waals surface area (Å²) >= 11 is 0. The Labute approximate surface area is 157 Å². The molecular formula is C18H24N4O5. The molecule has 0 aliphatic rings. The van der Waals surface area contributed by atoms with Crippen LogP contribution in [0.5, 0.6) is 5.75 Å². The van der Waals surface area contributed by atoms with E-state index in [0.29, 0.717) is 0 Å². The second-order valence-electron chi connectivity index (χ2n) is 5.78. The van der Waals surface area contributed by atoms with Crippen molar-refractivity contribution in [2.45, 2.75) is 26.3 Å². The zero-order valence-corrected chi connectivity index (χ0v) is 15.5. The molecule has 0 bridgehead atoms. The van der Waals surface area contributed by atoms with Crippen LogP contribution >= 0.6 is 0 Å². The molecule has 4 amide bonds. The number of methoxy groups -OCH3 is 1. The lowest BCUT2D eigenvalue weighted by Gasteiger charge is -2.09. The van der Waals surface area contributed by atoms with Crippen LogP contribution in [0, 0.1) is 0 Å². The molecule has 0 unspecified atom stereocenters. The first-order valence-corrected chi connectivity index (χ1v) is 8.31. The topological polar surface area (TPSA) is 126 Å². The van der Waals surface area contributed by atoms with E-state index < -0.39 is 17.7 Å². The van der Waals surface area contributed by atoms with Crippen LogP contribution in [-0.4, -0.2) is 43.3 Å². The van der Waals surface area contributed by atoms with E-state index in [1.807, 2.05) is 5.43 Å². The van der Waals surface area contributed by atoms with E-state index in [2.05, 4.69) is 16.1 Å². The molecule has 0 radical (unpaired) electrons. The highest BCUT2D eigenvalue weighted by Gasteiger charge is 2.14. The monoisotopic (exact) mass is 376 g/mol. The number of benzene rings is 1. The number of rotatable bonds is 7. The smallest absolute Gasteiger partial charge is 0.327 e. The van der Waals surface area contributed by atoms with Crippen molar-refractivity contribution in [3.63, 3.8) is 0 Å². The van der Waals surface area contributed by atoms with Gasteiger partial charge in [0.05, 0.1) is 7.11 Å². The molecule has 1 rings (SSSR count). The lowest BCUT2D eigenvalue weighted by Crippen LogP contribution is -2.50. The molecule has 0 saturated carbocycles. The molecule has 27 heavy (non-hydrogen) atoms. The molecule has 0 aromatic heterocycles. The third-order valence-corrected chi connectivity index (χ3v) is 3.14.